The molecule has 0 atom stereocenters. The molecule has 6 heteroatoms. The minimum atomic E-state index is -0.339. The largest absolute Gasteiger partial charge is 0.493 e. The number of nitrogens with zero attached hydrogens (tertiary/aromatic N) is 2. The van der Waals surface area contributed by atoms with Crippen molar-refractivity contribution in [3.8, 4) is 11.8 Å². The van der Waals surface area contributed by atoms with Crippen molar-refractivity contribution >= 4 is 12.4 Å². The Labute approximate surface area is 61.6 Å². The summed E-state index contributed by atoms with van der Waals surface area (Å²) in [4.78, 5) is 16.6. The van der Waals surface area contributed by atoms with Crippen LogP contribution in [-0.2, 0) is 4.79 Å². The van der Waals surface area contributed by atoms with E-state index in [0.717, 1.165) is 6.07 Å². The Hall–Kier alpha value is -1.85. The van der Waals surface area contributed by atoms with Crippen LogP contribution in [0.25, 0.3) is 0 Å². The van der Waals surface area contributed by atoms with E-state index in [2.05, 4.69) is 14.7 Å². The van der Waals surface area contributed by atoms with E-state index >= 15 is 0 Å². The van der Waals surface area contributed by atoms with Crippen LogP contribution in [0.3, 0.4) is 0 Å². The van der Waals surface area contributed by atoms with Crippen molar-refractivity contribution in [3.63, 3.8) is 0 Å². The van der Waals surface area contributed by atoms with Crippen LogP contribution in [0.5, 0.6) is 11.8 Å². The van der Waals surface area contributed by atoms with Crippen LogP contribution in [-0.4, -0.2) is 21.5 Å². The summed E-state index contributed by atoms with van der Waals surface area (Å²) < 4.78 is 4.30. The molecule has 58 valence electrons. The van der Waals surface area contributed by atoms with Gasteiger partial charge in [-0.2, -0.15) is 9.97 Å². The van der Waals surface area contributed by atoms with Gasteiger partial charge in [0, 0.05) is 0 Å². The van der Waals surface area contributed by atoms with Crippen molar-refractivity contribution in [2.75, 3.05) is 5.73 Å². The zero-order chi connectivity index (χ0) is 8.27. The summed E-state index contributed by atoms with van der Waals surface area (Å²) in [5, 5.41) is 8.79. The number of aromatic hydroxyl groups is 1. The molecule has 0 aliphatic rings. The van der Waals surface area contributed by atoms with E-state index in [1.807, 2.05) is 0 Å². The smallest absolute Gasteiger partial charge is 0.299 e. The second-order valence-corrected chi connectivity index (χ2v) is 1.64. The van der Waals surface area contributed by atoms with Crippen LogP contribution in [0.1, 0.15) is 0 Å². The molecule has 0 spiro atoms. The highest BCUT2D eigenvalue weighted by molar-refractivity contribution is 5.44. The lowest BCUT2D eigenvalue weighted by molar-refractivity contribution is -0.120. The number of carbonyl (C=O) groups is 1. The van der Waals surface area contributed by atoms with Crippen LogP contribution in [0.4, 0.5) is 5.95 Å². The average molecular weight is 155 g/mol. The summed E-state index contributed by atoms with van der Waals surface area (Å²) in [6.07, 6.45) is 0. The Bertz CT molecular complexity index is 255. The van der Waals surface area contributed by atoms with Gasteiger partial charge in [-0.05, 0) is 0 Å². The maximum Gasteiger partial charge on any atom is 0.299 e. The van der Waals surface area contributed by atoms with Gasteiger partial charge in [0.2, 0.25) is 17.7 Å². The van der Waals surface area contributed by atoms with Crippen molar-refractivity contribution in [1.82, 2.24) is 9.97 Å². The van der Waals surface area contributed by atoms with Crippen molar-refractivity contribution in [2.45, 2.75) is 0 Å². The highest BCUT2D eigenvalue weighted by atomic mass is 16.5. The molecule has 0 aliphatic carbocycles. The fourth-order valence-electron chi connectivity index (χ4n) is 0.540. The number of hydrogen-bond acceptors (Lipinski definition) is 6. The average Bonchev–Trinajstić information content (AvgIpc) is 1.85. The molecule has 0 aromatic carbocycles. The molecule has 1 heterocycles. The molecule has 0 saturated heterocycles. The fraction of sp³-hybridized carbons (Fsp3) is 0. The molecule has 0 fully saturated rings. The Balaban J connectivity index is 2.98. The summed E-state index contributed by atoms with van der Waals surface area (Å²) in [7, 11) is 0. The predicted molar refractivity (Wildman–Crippen MR) is 34.8 cm³/mol. The van der Waals surface area contributed by atoms with Crippen LogP contribution in [0, 0.1) is 0 Å². The van der Waals surface area contributed by atoms with Crippen molar-refractivity contribution < 1.29 is 14.6 Å². The van der Waals surface area contributed by atoms with Gasteiger partial charge in [-0.1, -0.05) is 0 Å². The van der Waals surface area contributed by atoms with Crippen LogP contribution in [0.2, 0.25) is 0 Å². The quantitative estimate of drug-likeness (QED) is 0.548. The predicted octanol–water partition coefficient (Wildman–Crippen LogP) is -0.700. The van der Waals surface area contributed by atoms with Crippen molar-refractivity contribution in [3.05, 3.63) is 6.07 Å². The first kappa shape index (κ1) is 7.26. The summed E-state index contributed by atoms with van der Waals surface area (Å²) >= 11 is 0. The highest BCUT2D eigenvalue weighted by Crippen LogP contribution is 2.13. The van der Waals surface area contributed by atoms with E-state index in [1.54, 1.807) is 0 Å². The first-order valence-electron chi connectivity index (χ1n) is 2.66. The molecule has 0 aliphatic heterocycles. The molecule has 0 unspecified atom stereocenters. The molecule has 3 N–H and O–H groups in total. The van der Waals surface area contributed by atoms with Crippen molar-refractivity contribution in [2.24, 2.45) is 0 Å². The Kier molecular flexibility index (Phi) is 1.86. The molecule has 1 rings (SSSR count). The number of carbonyl (C=O) groups excluding carboxylic acids is 1. The monoisotopic (exact) mass is 155 g/mol. The highest BCUT2D eigenvalue weighted by Gasteiger charge is 2.00. The Morgan fingerprint density at radius 2 is 2.36 bits per heavy atom. The SMILES string of the molecule is Nc1nc(O)cc(OC=O)n1. The summed E-state index contributed by atoms with van der Waals surface area (Å²) in [5.74, 6) is -0.568. The lowest BCUT2D eigenvalue weighted by Crippen LogP contribution is -1.98. The van der Waals surface area contributed by atoms with Gasteiger partial charge in [-0.3, -0.25) is 4.79 Å². The molecule has 11 heavy (non-hydrogen) atoms. The Morgan fingerprint density at radius 1 is 1.64 bits per heavy atom. The molecule has 0 saturated carbocycles. The van der Waals surface area contributed by atoms with Gasteiger partial charge in [0.05, 0.1) is 6.07 Å². The van der Waals surface area contributed by atoms with Crippen LogP contribution in [0.15, 0.2) is 6.07 Å². The van der Waals surface area contributed by atoms with Gasteiger partial charge in [0.25, 0.3) is 6.47 Å². The van der Waals surface area contributed by atoms with E-state index in [-0.39, 0.29) is 24.2 Å². The summed E-state index contributed by atoms with van der Waals surface area (Å²) in [6.45, 7) is 0.182. The van der Waals surface area contributed by atoms with E-state index < -0.39 is 0 Å². The number of ether oxygens (including phenoxy) is 1. The third-order valence-electron chi connectivity index (χ3n) is 0.875. The second kappa shape index (κ2) is 2.82. The van der Waals surface area contributed by atoms with Crippen molar-refractivity contribution in [1.29, 1.82) is 0 Å². The van der Waals surface area contributed by atoms with Gasteiger partial charge < -0.3 is 15.6 Å². The van der Waals surface area contributed by atoms with Gasteiger partial charge in [-0.15, -0.1) is 0 Å². The first-order chi connectivity index (χ1) is 5.22. The van der Waals surface area contributed by atoms with E-state index in [9.17, 15) is 4.79 Å². The molecule has 6 nitrogen and oxygen atoms in total. The number of nitrogen functional groups attached to an aromatic ring is 1. The first-order valence-corrected chi connectivity index (χ1v) is 2.66. The van der Waals surface area contributed by atoms with Gasteiger partial charge in [-0.25, -0.2) is 0 Å². The van der Waals surface area contributed by atoms with E-state index in [4.69, 9.17) is 10.8 Å². The third-order valence-corrected chi connectivity index (χ3v) is 0.875. The number of nitrogens with two attached hydrogens (primary N) is 1. The zero-order valence-corrected chi connectivity index (χ0v) is 5.39. The molecule has 1 aromatic rings. The fourth-order valence-corrected chi connectivity index (χ4v) is 0.540. The van der Waals surface area contributed by atoms with Gasteiger partial charge >= 0.3 is 0 Å². The molecule has 0 amide bonds. The maximum absolute atomic E-state index is 9.79. The second-order valence-electron chi connectivity index (χ2n) is 1.64. The zero-order valence-electron chi connectivity index (χ0n) is 5.39. The van der Waals surface area contributed by atoms with Crippen LogP contribution < -0.4 is 10.5 Å². The Morgan fingerprint density at radius 3 is 2.91 bits per heavy atom. The molecule has 0 bridgehead atoms. The topological polar surface area (TPSA) is 98.3 Å². The van der Waals surface area contributed by atoms with Gasteiger partial charge in [0.1, 0.15) is 0 Å². The number of anilines is 1. The molecular weight excluding hydrogens is 150 g/mol. The van der Waals surface area contributed by atoms with E-state index in [1.165, 1.54) is 0 Å². The lowest BCUT2D eigenvalue weighted by atomic mass is 10.6. The molecular formula is C5H5N3O3. The minimum absolute atomic E-state index is 0.0787. The standard InChI is InChI=1S/C5H5N3O3/c6-5-7-3(10)1-4(8-5)11-2-9/h1-2H,(H3,6,7,8,10). The number of aromatic nitrogens is 2. The maximum atomic E-state index is 9.79. The third kappa shape index (κ3) is 1.78. The minimum Gasteiger partial charge on any atom is -0.493 e. The van der Waals surface area contributed by atoms with E-state index in [0.29, 0.717) is 0 Å². The van der Waals surface area contributed by atoms with Crippen LogP contribution >= 0.6 is 0 Å². The number of hydrogen-bond donors (Lipinski definition) is 2. The number of rotatable bonds is 2. The summed E-state index contributed by atoms with van der Waals surface area (Å²) in [5.41, 5.74) is 5.11. The molecule has 0 radical (unpaired) electrons. The molecule has 1 aromatic heterocycles. The van der Waals surface area contributed by atoms with Gasteiger partial charge in [0.15, 0.2) is 0 Å². The summed E-state index contributed by atoms with van der Waals surface area (Å²) in [6, 6.07) is 1.07. The lowest BCUT2D eigenvalue weighted by Gasteiger charge is -1.97. The normalized spacial score (nSPS) is 9.09.